The number of carbonyl (C=O) groups is 2. The fourth-order valence-corrected chi connectivity index (χ4v) is 3.18. The highest BCUT2D eigenvalue weighted by atomic mass is 16.5. The van der Waals surface area contributed by atoms with Gasteiger partial charge in [-0.1, -0.05) is 17.7 Å². The molecule has 172 valence electrons. The Morgan fingerprint density at radius 2 is 1.85 bits per heavy atom. The molecule has 2 aromatic carbocycles. The first-order chi connectivity index (χ1) is 16.5. The first-order valence-corrected chi connectivity index (χ1v) is 10.6. The van der Waals surface area contributed by atoms with Gasteiger partial charge in [0.25, 0.3) is 5.91 Å². The summed E-state index contributed by atoms with van der Waals surface area (Å²) in [5.74, 6) is 0.688. The molecule has 4 aromatic rings. The minimum Gasteiger partial charge on any atom is -0.494 e. The fourth-order valence-electron chi connectivity index (χ4n) is 3.18. The van der Waals surface area contributed by atoms with Gasteiger partial charge in [-0.2, -0.15) is 0 Å². The molecule has 0 spiro atoms. The molecule has 0 aliphatic heterocycles. The molecule has 0 radical (unpaired) electrons. The summed E-state index contributed by atoms with van der Waals surface area (Å²) in [7, 11) is 1.49. The van der Waals surface area contributed by atoms with Gasteiger partial charge in [0.05, 0.1) is 18.4 Å². The summed E-state index contributed by atoms with van der Waals surface area (Å²) < 4.78 is 11.0. The van der Waals surface area contributed by atoms with Crippen LogP contribution in [0.2, 0.25) is 0 Å². The van der Waals surface area contributed by atoms with Crippen molar-refractivity contribution in [3.05, 3.63) is 84.0 Å². The number of hydrogen-bond acceptors (Lipinski definition) is 7. The number of pyridine rings is 1. The topological polar surface area (TPSA) is 119 Å². The van der Waals surface area contributed by atoms with Crippen molar-refractivity contribution in [1.29, 1.82) is 0 Å². The Morgan fingerprint density at radius 3 is 2.59 bits per heavy atom. The molecule has 0 saturated carbocycles. The van der Waals surface area contributed by atoms with E-state index in [0.717, 1.165) is 11.1 Å². The van der Waals surface area contributed by atoms with Crippen LogP contribution in [0.25, 0.3) is 11.5 Å². The number of benzene rings is 2. The lowest BCUT2D eigenvalue weighted by atomic mass is 10.1. The summed E-state index contributed by atoms with van der Waals surface area (Å²) in [6.07, 6.45) is 3.54. The quantitative estimate of drug-likeness (QED) is 0.405. The highest BCUT2D eigenvalue weighted by molar-refractivity contribution is 6.05. The summed E-state index contributed by atoms with van der Waals surface area (Å²) in [5.41, 5.74) is 3.40. The number of ether oxygens (including phenoxy) is 1. The second kappa shape index (κ2) is 10.4. The number of nitrogens with one attached hydrogen (secondary N) is 2. The van der Waals surface area contributed by atoms with Crippen LogP contribution in [0.4, 0.5) is 11.4 Å². The molecule has 0 aliphatic carbocycles. The van der Waals surface area contributed by atoms with Gasteiger partial charge in [-0.15, -0.1) is 10.2 Å². The van der Waals surface area contributed by atoms with E-state index in [0.29, 0.717) is 40.9 Å². The molecule has 9 nitrogen and oxygen atoms in total. The molecule has 0 fully saturated rings. The van der Waals surface area contributed by atoms with Crippen molar-refractivity contribution < 1.29 is 18.7 Å². The predicted octanol–water partition coefficient (Wildman–Crippen LogP) is 4.27. The van der Waals surface area contributed by atoms with Crippen molar-refractivity contribution in [3.63, 3.8) is 0 Å². The molecular formula is C25H23N5O4. The van der Waals surface area contributed by atoms with Gasteiger partial charge in [0, 0.05) is 42.6 Å². The Hall–Kier alpha value is -4.53. The number of aromatic nitrogens is 3. The lowest BCUT2D eigenvalue weighted by molar-refractivity contribution is -0.116. The maximum absolute atomic E-state index is 12.4. The molecule has 0 bridgehead atoms. The molecule has 0 atom stereocenters. The second-order valence-electron chi connectivity index (χ2n) is 7.53. The highest BCUT2D eigenvalue weighted by Crippen LogP contribution is 2.28. The van der Waals surface area contributed by atoms with Gasteiger partial charge in [-0.3, -0.25) is 14.6 Å². The zero-order chi connectivity index (χ0) is 23.9. The number of methoxy groups -OCH3 is 1. The molecule has 34 heavy (non-hydrogen) atoms. The van der Waals surface area contributed by atoms with Crippen molar-refractivity contribution in [2.24, 2.45) is 0 Å². The maximum Gasteiger partial charge on any atom is 0.257 e. The van der Waals surface area contributed by atoms with Gasteiger partial charge in [0.1, 0.15) is 5.75 Å². The molecule has 2 amide bonds. The van der Waals surface area contributed by atoms with Gasteiger partial charge in [0.15, 0.2) is 0 Å². The summed E-state index contributed by atoms with van der Waals surface area (Å²) in [6.45, 7) is 2.00. The average molecular weight is 457 g/mol. The summed E-state index contributed by atoms with van der Waals surface area (Å²) in [4.78, 5) is 28.7. The van der Waals surface area contributed by atoms with E-state index in [-0.39, 0.29) is 18.2 Å². The Labute approximate surface area is 196 Å². The van der Waals surface area contributed by atoms with Crippen molar-refractivity contribution in [3.8, 4) is 17.2 Å². The van der Waals surface area contributed by atoms with Gasteiger partial charge in [-0.05, 0) is 43.3 Å². The third kappa shape index (κ3) is 5.63. The van der Waals surface area contributed by atoms with E-state index in [1.165, 1.54) is 13.3 Å². The van der Waals surface area contributed by atoms with Crippen molar-refractivity contribution in [1.82, 2.24) is 15.2 Å². The SMILES string of the molecule is COc1cc(NC(=O)CCc2nnc(-c3ccc(C)cc3)o2)ccc1NC(=O)c1cccnc1. The minimum atomic E-state index is -0.312. The van der Waals surface area contributed by atoms with E-state index >= 15 is 0 Å². The maximum atomic E-state index is 12.4. The normalized spacial score (nSPS) is 10.5. The third-order valence-corrected chi connectivity index (χ3v) is 4.99. The largest absolute Gasteiger partial charge is 0.494 e. The van der Waals surface area contributed by atoms with Gasteiger partial charge in [-0.25, -0.2) is 0 Å². The van der Waals surface area contributed by atoms with Crippen LogP contribution in [0.1, 0.15) is 28.2 Å². The van der Waals surface area contributed by atoms with Crippen LogP contribution in [0.3, 0.4) is 0 Å². The summed E-state index contributed by atoms with van der Waals surface area (Å²) in [6, 6.07) is 16.1. The van der Waals surface area contributed by atoms with Crippen LogP contribution >= 0.6 is 0 Å². The van der Waals surface area contributed by atoms with E-state index in [2.05, 4.69) is 25.8 Å². The zero-order valence-corrected chi connectivity index (χ0v) is 18.7. The zero-order valence-electron chi connectivity index (χ0n) is 18.7. The van der Waals surface area contributed by atoms with E-state index in [1.807, 2.05) is 31.2 Å². The Morgan fingerprint density at radius 1 is 1.03 bits per heavy atom. The number of anilines is 2. The smallest absolute Gasteiger partial charge is 0.257 e. The molecule has 2 aromatic heterocycles. The average Bonchev–Trinajstić information content (AvgIpc) is 3.33. The highest BCUT2D eigenvalue weighted by Gasteiger charge is 2.13. The number of amides is 2. The molecule has 2 N–H and O–H groups in total. The predicted molar refractivity (Wildman–Crippen MR) is 127 cm³/mol. The Balaban J connectivity index is 1.34. The fraction of sp³-hybridized carbons (Fsp3) is 0.160. The second-order valence-corrected chi connectivity index (χ2v) is 7.53. The molecule has 9 heteroatoms. The van der Waals surface area contributed by atoms with Crippen LogP contribution in [-0.2, 0) is 11.2 Å². The van der Waals surface area contributed by atoms with Crippen molar-refractivity contribution >= 4 is 23.2 Å². The number of carbonyl (C=O) groups excluding carboxylic acids is 2. The van der Waals surface area contributed by atoms with E-state index < -0.39 is 0 Å². The van der Waals surface area contributed by atoms with Crippen LogP contribution in [-0.4, -0.2) is 34.1 Å². The molecule has 0 aliphatic rings. The minimum absolute atomic E-state index is 0.164. The van der Waals surface area contributed by atoms with Crippen LogP contribution < -0.4 is 15.4 Å². The van der Waals surface area contributed by atoms with Crippen LogP contribution in [0.15, 0.2) is 71.4 Å². The van der Waals surface area contributed by atoms with Gasteiger partial charge >= 0.3 is 0 Å². The number of hydrogen-bond donors (Lipinski definition) is 2. The van der Waals surface area contributed by atoms with E-state index in [1.54, 1.807) is 36.5 Å². The van der Waals surface area contributed by atoms with Crippen LogP contribution in [0.5, 0.6) is 5.75 Å². The summed E-state index contributed by atoms with van der Waals surface area (Å²) in [5, 5.41) is 13.7. The van der Waals surface area contributed by atoms with E-state index in [9.17, 15) is 9.59 Å². The van der Waals surface area contributed by atoms with Gasteiger partial charge in [0.2, 0.25) is 17.7 Å². The Bertz CT molecular complexity index is 1290. The monoisotopic (exact) mass is 457 g/mol. The number of rotatable bonds is 8. The van der Waals surface area contributed by atoms with Crippen molar-refractivity contribution in [2.75, 3.05) is 17.7 Å². The number of nitrogens with zero attached hydrogens (tertiary/aromatic N) is 3. The molecule has 0 unspecified atom stereocenters. The Kier molecular flexibility index (Phi) is 6.92. The molecule has 0 saturated heterocycles. The lowest BCUT2D eigenvalue weighted by Gasteiger charge is -2.12. The first-order valence-electron chi connectivity index (χ1n) is 10.6. The van der Waals surface area contributed by atoms with E-state index in [4.69, 9.17) is 9.15 Å². The standard InChI is InChI=1S/C25H23N5O4/c1-16-5-7-17(8-6-16)25-30-29-23(34-25)12-11-22(31)27-19-9-10-20(21(14-19)33-2)28-24(32)18-4-3-13-26-15-18/h3-10,13-15H,11-12H2,1-2H3,(H,27,31)(H,28,32). The molecular weight excluding hydrogens is 434 g/mol. The molecule has 2 heterocycles. The third-order valence-electron chi connectivity index (χ3n) is 4.99. The first kappa shape index (κ1) is 22.7. The van der Waals surface area contributed by atoms with Gasteiger partial charge < -0.3 is 19.8 Å². The molecule has 4 rings (SSSR count). The number of aryl methyl sites for hydroxylation is 2. The van der Waals surface area contributed by atoms with Crippen LogP contribution in [0, 0.1) is 6.92 Å². The van der Waals surface area contributed by atoms with Crippen molar-refractivity contribution in [2.45, 2.75) is 19.8 Å². The lowest BCUT2D eigenvalue weighted by Crippen LogP contribution is -2.14. The summed E-state index contributed by atoms with van der Waals surface area (Å²) >= 11 is 0.